The lowest BCUT2D eigenvalue weighted by atomic mass is 10.0. The van der Waals surface area contributed by atoms with Gasteiger partial charge in [0, 0.05) is 12.8 Å². The molecule has 3 N–H and O–H groups in total. The Morgan fingerprint density at radius 3 is 1.07 bits per heavy atom. The van der Waals surface area contributed by atoms with Crippen molar-refractivity contribution in [2.45, 2.75) is 334 Å². The van der Waals surface area contributed by atoms with Crippen LogP contribution in [0.15, 0.2) is 60.8 Å². The van der Waals surface area contributed by atoms with Gasteiger partial charge in [-0.3, -0.25) is 9.59 Å². The SMILES string of the molecule is CCCCCC/C=C\C/C=C\CCCCCCCC(=O)OCC/C=C\C/C=C\CCCCCCCCCCCCCCCCC(=O)NC(CO)C(O)/C=C/CCCCCCCCCCCCCCCCCC. The van der Waals surface area contributed by atoms with Crippen molar-refractivity contribution < 1.29 is 24.5 Å². The first kappa shape index (κ1) is 69.6. The lowest BCUT2D eigenvalue weighted by Crippen LogP contribution is -2.45. The first-order chi connectivity index (χ1) is 35.5. The number of hydrogen-bond acceptors (Lipinski definition) is 5. The summed E-state index contributed by atoms with van der Waals surface area (Å²) in [7, 11) is 0. The summed E-state index contributed by atoms with van der Waals surface area (Å²) in [5.74, 6) is -0.122. The molecule has 0 aromatic carbocycles. The van der Waals surface area contributed by atoms with Crippen LogP contribution in [0.3, 0.4) is 0 Å². The number of aliphatic hydroxyl groups is 2. The van der Waals surface area contributed by atoms with Gasteiger partial charge in [-0.2, -0.15) is 0 Å². The Hall–Kier alpha value is -2.44. The van der Waals surface area contributed by atoms with E-state index in [1.165, 1.54) is 231 Å². The van der Waals surface area contributed by atoms with Crippen LogP contribution in [-0.2, 0) is 14.3 Å². The van der Waals surface area contributed by atoms with E-state index >= 15 is 0 Å². The van der Waals surface area contributed by atoms with Crippen molar-refractivity contribution >= 4 is 11.9 Å². The zero-order valence-corrected chi connectivity index (χ0v) is 47.9. The number of carbonyl (C=O) groups excluding carboxylic acids is 2. The van der Waals surface area contributed by atoms with Crippen molar-refractivity contribution in [1.82, 2.24) is 5.32 Å². The molecule has 0 bridgehead atoms. The normalized spacial score (nSPS) is 13.0. The third-order valence-electron chi connectivity index (χ3n) is 14.3. The van der Waals surface area contributed by atoms with Gasteiger partial charge < -0.3 is 20.3 Å². The maximum Gasteiger partial charge on any atom is 0.305 e. The van der Waals surface area contributed by atoms with Gasteiger partial charge in [0.15, 0.2) is 0 Å². The molecule has 6 heteroatoms. The monoisotopic (exact) mass is 1010 g/mol. The minimum atomic E-state index is -0.850. The van der Waals surface area contributed by atoms with E-state index in [0.717, 1.165) is 64.2 Å². The number of allylic oxidation sites excluding steroid dienone is 8. The molecule has 0 aliphatic heterocycles. The molecule has 0 saturated heterocycles. The lowest BCUT2D eigenvalue weighted by molar-refractivity contribution is -0.143. The Kier molecular flexibility index (Phi) is 59.0. The van der Waals surface area contributed by atoms with Crippen LogP contribution in [0.25, 0.3) is 0 Å². The van der Waals surface area contributed by atoms with Crippen LogP contribution < -0.4 is 5.32 Å². The van der Waals surface area contributed by atoms with Gasteiger partial charge in [0.25, 0.3) is 0 Å². The Morgan fingerprint density at radius 2 is 0.694 bits per heavy atom. The summed E-state index contributed by atoms with van der Waals surface area (Å²) in [6, 6.07) is -0.634. The van der Waals surface area contributed by atoms with Crippen molar-refractivity contribution in [1.29, 1.82) is 0 Å². The Balaban J connectivity index is 3.50. The molecule has 2 unspecified atom stereocenters. The third-order valence-corrected chi connectivity index (χ3v) is 14.3. The molecule has 0 spiro atoms. The molecule has 0 aromatic rings. The summed E-state index contributed by atoms with van der Waals surface area (Å²) in [6.07, 6.45) is 79.9. The van der Waals surface area contributed by atoms with Gasteiger partial charge in [0.2, 0.25) is 5.91 Å². The van der Waals surface area contributed by atoms with E-state index in [1.54, 1.807) is 6.08 Å². The summed E-state index contributed by atoms with van der Waals surface area (Å²) < 4.78 is 5.41. The molecule has 6 nitrogen and oxygen atoms in total. The van der Waals surface area contributed by atoms with E-state index in [2.05, 4.69) is 67.8 Å². The predicted octanol–water partition coefficient (Wildman–Crippen LogP) is 19.9. The zero-order valence-electron chi connectivity index (χ0n) is 47.9. The highest BCUT2D eigenvalue weighted by Crippen LogP contribution is 2.17. The van der Waals surface area contributed by atoms with E-state index in [1.807, 2.05) is 6.08 Å². The van der Waals surface area contributed by atoms with Gasteiger partial charge in [0.1, 0.15) is 0 Å². The topological polar surface area (TPSA) is 95.9 Å². The van der Waals surface area contributed by atoms with Crippen LogP contribution in [0.2, 0.25) is 0 Å². The summed E-state index contributed by atoms with van der Waals surface area (Å²) in [6.45, 7) is 4.78. The number of aliphatic hydroxyl groups excluding tert-OH is 2. The minimum Gasteiger partial charge on any atom is -0.465 e. The largest absolute Gasteiger partial charge is 0.465 e. The second-order valence-corrected chi connectivity index (χ2v) is 21.4. The molecule has 0 saturated carbocycles. The maximum absolute atomic E-state index is 12.5. The summed E-state index contributed by atoms with van der Waals surface area (Å²) in [5.41, 5.74) is 0. The third kappa shape index (κ3) is 56.8. The van der Waals surface area contributed by atoms with E-state index in [4.69, 9.17) is 4.74 Å². The van der Waals surface area contributed by atoms with Crippen LogP contribution >= 0.6 is 0 Å². The molecule has 0 fully saturated rings. The minimum absolute atomic E-state index is 0.0497. The van der Waals surface area contributed by atoms with Gasteiger partial charge in [-0.1, -0.05) is 286 Å². The second-order valence-electron chi connectivity index (χ2n) is 21.4. The summed E-state index contributed by atoms with van der Waals surface area (Å²) in [4.78, 5) is 24.5. The highest BCUT2D eigenvalue weighted by Gasteiger charge is 2.18. The van der Waals surface area contributed by atoms with E-state index in [9.17, 15) is 19.8 Å². The van der Waals surface area contributed by atoms with Crippen molar-refractivity contribution in [3.63, 3.8) is 0 Å². The van der Waals surface area contributed by atoms with Crippen molar-refractivity contribution in [2.24, 2.45) is 0 Å². The van der Waals surface area contributed by atoms with Crippen molar-refractivity contribution in [3.8, 4) is 0 Å². The molecule has 0 heterocycles. The molecular formula is C66H121NO5. The average molecular weight is 1010 g/mol. The summed E-state index contributed by atoms with van der Waals surface area (Å²) in [5, 5.41) is 23.2. The fourth-order valence-electron chi connectivity index (χ4n) is 9.44. The highest BCUT2D eigenvalue weighted by molar-refractivity contribution is 5.76. The first-order valence-corrected chi connectivity index (χ1v) is 31.6. The molecular weight excluding hydrogens is 887 g/mol. The fraction of sp³-hybridized carbons (Fsp3) is 0.818. The number of esters is 1. The number of hydrogen-bond donors (Lipinski definition) is 3. The van der Waals surface area contributed by atoms with Gasteiger partial charge in [-0.25, -0.2) is 0 Å². The number of unbranched alkanes of at least 4 members (excludes halogenated alkanes) is 39. The quantitative estimate of drug-likeness (QED) is 0.0320. The molecule has 0 rings (SSSR count). The number of amides is 1. The van der Waals surface area contributed by atoms with Gasteiger partial charge >= 0.3 is 5.97 Å². The predicted molar refractivity (Wildman–Crippen MR) is 315 cm³/mol. The van der Waals surface area contributed by atoms with Gasteiger partial charge in [-0.15, -0.1) is 0 Å². The van der Waals surface area contributed by atoms with E-state index in [-0.39, 0.29) is 18.5 Å². The van der Waals surface area contributed by atoms with Crippen LogP contribution in [0.5, 0.6) is 0 Å². The molecule has 0 aliphatic rings. The van der Waals surface area contributed by atoms with Crippen molar-refractivity contribution in [2.75, 3.05) is 13.2 Å². The Morgan fingerprint density at radius 1 is 0.389 bits per heavy atom. The van der Waals surface area contributed by atoms with E-state index in [0.29, 0.717) is 19.4 Å². The molecule has 420 valence electrons. The van der Waals surface area contributed by atoms with Crippen LogP contribution in [-0.4, -0.2) is 47.4 Å². The molecule has 1 amide bonds. The number of carbonyl (C=O) groups is 2. The van der Waals surface area contributed by atoms with E-state index < -0.39 is 12.1 Å². The highest BCUT2D eigenvalue weighted by atomic mass is 16.5. The first-order valence-electron chi connectivity index (χ1n) is 31.6. The summed E-state index contributed by atoms with van der Waals surface area (Å²) >= 11 is 0. The molecule has 0 aromatic heterocycles. The maximum atomic E-state index is 12.5. The fourth-order valence-corrected chi connectivity index (χ4v) is 9.44. The average Bonchev–Trinajstić information content (AvgIpc) is 3.38. The molecule has 0 radical (unpaired) electrons. The molecule has 0 aliphatic carbocycles. The van der Waals surface area contributed by atoms with Crippen LogP contribution in [0.4, 0.5) is 0 Å². The standard InChI is InChI=1S/C66H121NO5/c1-3-5-7-9-11-13-15-17-19-21-27-30-34-38-42-46-50-54-58-64(69)63(62-68)67-65(70)59-55-51-47-43-39-35-31-28-25-23-22-24-26-29-33-37-41-45-49-53-57-61-72-66(71)60-56-52-48-44-40-36-32-20-18-16-14-12-10-8-6-4-2/h14,16,20,32,37,41,49,53-54,58,63-64,68-69H,3-13,15,17-19,21-31,33-36,38-40,42-48,50-52,55-57,59-62H2,1-2H3,(H,67,70)/b16-14-,32-20-,41-37-,53-49-,58-54+. The Labute approximate surface area is 448 Å². The lowest BCUT2D eigenvalue weighted by Gasteiger charge is -2.20. The molecule has 2 atom stereocenters. The number of rotatable bonds is 58. The number of ether oxygens (including phenoxy) is 1. The molecule has 72 heavy (non-hydrogen) atoms. The number of nitrogens with one attached hydrogen (secondary N) is 1. The Bertz CT molecular complexity index is 1250. The zero-order chi connectivity index (χ0) is 52.2. The van der Waals surface area contributed by atoms with Crippen molar-refractivity contribution in [3.05, 3.63) is 60.8 Å². The van der Waals surface area contributed by atoms with Gasteiger partial charge in [0.05, 0.1) is 25.4 Å². The van der Waals surface area contributed by atoms with Crippen LogP contribution in [0, 0.1) is 0 Å². The van der Waals surface area contributed by atoms with Crippen LogP contribution in [0.1, 0.15) is 322 Å². The van der Waals surface area contributed by atoms with Gasteiger partial charge in [-0.05, 0) is 83.5 Å². The second kappa shape index (κ2) is 61.1. The smallest absolute Gasteiger partial charge is 0.305 e.